The predicted octanol–water partition coefficient (Wildman–Crippen LogP) is 1.13. The van der Waals surface area contributed by atoms with E-state index in [0.717, 1.165) is 0 Å². The third-order valence-electron chi connectivity index (χ3n) is 1.25. The maximum atomic E-state index is 10.2. The maximum Gasteiger partial charge on any atom is 0.150 e. The molecule has 0 aliphatic carbocycles. The van der Waals surface area contributed by atoms with Gasteiger partial charge in [-0.25, -0.2) is 0 Å². The predicted molar refractivity (Wildman–Crippen MR) is 44.3 cm³/mol. The molecule has 0 radical (unpaired) electrons. The van der Waals surface area contributed by atoms with Crippen LogP contribution >= 0.6 is 0 Å². The van der Waals surface area contributed by atoms with Crippen LogP contribution in [-0.2, 0) is 4.79 Å². The smallest absolute Gasteiger partial charge is 0.150 e. The molecule has 0 heterocycles. The minimum atomic E-state index is 0.442. The van der Waals surface area contributed by atoms with Gasteiger partial charge in [0.2, 0.25) is 0 Å². The molecular formula is C9H8O3. The molecule has 0 saturated carbocycles. The largest absolute Gasteiger partial charge is 0.307 e. The van der Waals surface area contributed by atoms with E-state index in [0.29, 0.717) is 23.7 Å². The van der Waals surface area contributed by atoms with Crippen molar-refractivity contribution >= 4 is 19.4 Å². The van der Waals surface area contributed by atoms with E-state index in [9.17, 15) is 9.59 Å². The number of rotatable bonds is 2. The second-order valence-electron chi connectivity index (χ2n) is 1.86. The van der Waals surface area contributed by atoms with Crippen molar-refractivity contribution in [3.05, 3.63) is 35.4 Å². The summed E-state index contributed by atoms with van der Waals surface area (Å²) < 4.78 is 0. The molecule has 3 nitrogen and oxygen atoms in total. The molecule has 0 N–H and O–H groups in total. The van der Waals surface area contributed by atoms with Crippen molar-refractivity contribution in [3.8, 4) is 0 Å². The standard InChI is InChI=1S/C8H6O2.CH2O/c9-5-7-3-1-2-4-8(7)6-10;1-2/h1-6H;1H2. The summed E-state index contributed by atoms with van der Waals surface area (Å²) in [5.74, 6) is 0. The molecule has 0 aliphatic rings. The van der Waals surface area contributed by atoms with Crippen molar-refractivity contribution in [2.75, 3.05) is 0 Å². The Balaban J connectivity index is 0.000000561. The first-order valence-corrected chi connectivity index (χ1v) is 3.16. The van der Waals surface area contributed by atoms with Crippen LogP contribution in [0.25, 0.3) is 0 Å². The molecule has 1 aromatic carbocycles. The molecule has 0 aliphatic heterocycles. The molecule has 0 aromatic heterocycles. The van der Waals surface area contributed by atoms with E-state index in [-0.39, 0.29) is 0 Å². The summed E-state index contributed by atoms with van der Waals surface area (Å²) in [4.78, 5) is 28.5. The second kappa shape index (κ2) is 5.97. The zero-order valence-electron chi connectivity index (χ0n) is 6.40. The van der Waals surface area contributed by atoms with Gasteiger partial charge in [0, 0.05) is 11.1 Å². The number of carbonyl (C=O) groups excluding carboxylic acids is 3. The van der Waals surface area contributed by atoms with Gasteiger partial charge in [-0.15, -0.1) is 0 Å². The highest BCUT2D eigenvalue weighted by Gasteiger charge is 1.95. The lowest BCUT2D eigenvalue weighted by Crippen LogP contribution is -1.87. The van der Waals surface area contributed by atoms with E-state index < -0.39 is 0 Å². The van der Waals surface area contributed by atoms with Crippen LogP contribution in [0.4, 0.5) is 0 Å². The summed E-state index contributed by atoms with van der Waals surface area (Å²) in [5, 5.41) is 0. The monoisotopic (exact) mass is 164 g/mol. The van der Waals surface area contributed by atoms with Gasteiger partial charge in [0.05, 0.1) is 0 Å². The summed E-state index contributed by atoms with van der Waals surface area (Å²) >= 11 is 0. The van der Waals surface area contributed by atoms with Crippen molar-refractivity contribution in [1.29, 1.82) is 0 Å². The number of carbonyl (C=O) groups is 3. The van der Waals surface area contributed by atoms with E-state index >= 15 is 0 Å². The molecule has 62 valence electrons. The fourth-order valence-electron chi connectivity index (χ4n) is 0.726. The Morgan fingerprint density at radius 2 is 1.25 bits per heavy atom. The van der Waals surface area contributed by atoms with E-state index in [1.165, 1.54) is 0 Å². The van der Waals surface area contributed by atoms with Crippen molar-refractivity contribution in [1.82, 2.24) is 0 Å². The van der Waals surface area contributed by atoms with E-state index in [2.05, 4.69) is 0 Å². The van der Waals surface area contributed by atoms with E-state index in [1.54, 1.807) is 24.3 Å². The van der Waals surface area contributed by atoms with Gasteiger partial charge in [-0.2, -0.15) is 0 Å². The van der Waals surface area contributed by atoms with Crippen LogP contribution in [-0.4, -0.2) is 19.4 Å². The van der Waals surface area contributed by atoms with Crippen molar-refractivity contribution in [2.24, 2.45) is 0 Å². The average Bonchev–Trinajstić information content (AvgIpc) is 2.20. The summed E-state index contributed by atoms with van der Waals surface area (Å²) in [5.41, 5.74) is 0.884. The van der Waals surface area contributed by atoms with Gasteiger partial charge in [0.25, 0.3) is 0 Å². The molecule has 1 aromatic rings. The maximum absolute atomic E-state index is 10.2. The zero-order valence-corrected chi connectivity index (χ0v) is 6.40. The lowest BCUT2D eigenvalue weighted by atomic mass is 10.1. The molecule has 0 unspecified atom stereocenters. The fourth-order valence-corrected chi connectivity index (χ4v) is 0.726. The lowest BCUT2D eigenvalue weighted by molar-refractivity contribution is -0.0980. The van der Waals surface area contributed by atoms with Gasteiger partial charge in [0.15, 0.2) is 12.6 Å². The zero-order chi connectivity index (χ0) is 9.40. The van der Waals surface area contributed by atoms with Crippen LogP contribution in [0.15, 0.2) is 24.3 Å². The van der Waals surface area contributed by atoms with Gasteiger partial charge >= 0.3 is 0 Å². The molecule has 12 heavy (non-hydrogen) atoms. The van der Waals surface area contributed by atoms with Crippen LogP contribution in [0, 0.1) is 0 Å². The molecule has 3 heteroatoms. The molecule has 0 amide bonds. The third kappa shape index (κ3) is 2.46. The molecular weight excluding hydrogens is 156 g/mol. The highest BCUT2D eigenvalue weighted by Crippen LogP contribution is 2.01. The first kappa shape index (κ1) is 10.2. The van der Waals surface area contributed by atoms with Gasteiger partial charge in [-0.05, 0) is 0 Å². The summed E-state index contributed by atoms with van der Waals surface area (Å²) in [6, 6.07) is 6.65. The normalized spacial score (nSPS) is 7.67. The van der Waals surface area contributed by atoms with Crippen LogP contribution in [0.3, 0.4) is 0 Å². The molecule has 0 bridgehead atoms. The van der Waals surface area contributed by atoms with E-state index in [1.807, 2.05) is 6.79 Å². The summed E-state index contributed by atoms with van der Waals surface area (Å²) in [6.07, 6.45) is 1.34. The van der Waals surface area contributed by atoms with Crippen LogP contribution in [0.5, 0.6) is 0 Å². The quantitative estimate of drug-likeness (QED) is 0.615. The van der Waals surface area contributed by atoms with E-state index in [4.69, 9.17) is 4.79 Å². The number of hydrogen-bond donors (Lipinski definition) is 0. The van der Waals surface area contributed by atoms with Gasteiger partial charge in [-0.1, -0.05) is 24.3 Å². The second-order valence-corrected chi connectivity index (χ2v) is 1.86. The first-order valence-electron chi connectivity index (χ1n) is 3.16. The third-order valence-corrected chi connectivity index (χ3v) is 1.25. The van der Waals surface area contributed by atoms with Gasteiger partial charge < -0.3 is 4.79 Å². The first-order chi connectivity index (χ1) is 5.88. The number of hydrogen-bond acceptors (Lipinski definition) is 3. The molecule has 0 saturated heterocycles. The van der Waals surface area contributed by atoms with Crippen LogP contribution < -0.4 is 0 Å². The lowest BCUT2D eigenvalue weighted by Gasteiger charge is -1.91. The molecule has 0 fully saturated rings. The Morgan fingerprint density at radius 1 is 0.917 bits per heavy atom. The van der Waals surface area contributed by atoms with Crippen LogP contribution in [0.1, 0.15) is 20.7 Å². The van der Waals surface area contributed by atoms with Crippen LogP contribution in [0.2, 0.25) is 0 Å². The average molecular weight is 164 g/mol. The summed E-state index contributed by atoms with van der Waals surface area (Å²) in [7, 11) is 0. The summed E-state index contributed by atoms with van der Waals surface area (Å²) in [6.45, 7) is 2.00. The van der Waals surface area contributed by atoms with Gasteiger partial charge in [0.1, 0.15) is 6.79 Å². The Hall–Kier alpha value is -1.77. The Labute approximate surface area is 70.0 Å². The van der Waals surface area contributed by atoms with Gasteiger partial charge in [-0.3, -0.25) is 9.59 Å². The van der Waals surface area contributed by atoms with Crippen molar-refractivity contribution < 1.29 is 14.4 Å². The highest BCUT2D eigenvalue weighted by atomic mass is 16.1. The fraction of sp³-hybridized carbons (Fsp3) is 0. The highest BCUT2D eigenvalue weighted by molar-refractivity contribution is 5.89. The SMILES string of the molecule is C=O.O=Cc1ccccc1C=O. The number of benzene rings is 1. The Bertz CT molecular complexity index is 241. The van der Waals surface area contributed by atoms with Crippen molar-refractivity contribution in [3.63, 3.8) is 0 Å². The molecule has 1 rings (SSSR count). The van der Waals surface area contributed by atoms with Crippen molar-refractivity contribution in [2.45, 2.75) is 0 Å². The molecule has 0 spiro atoms. The number of aldehydes is 2. The minimum Gasteiger partial charge on any atom is -0.307 e. The Kier molecular flexibility index (Phi) is 5.09. The molecule has 0 atom stereocenters. The topological polar surface area (TPSA) is 51.2 Å². The minimum absolute atomic E-state index is 0.442. The Morgan fingerprint density at radius 3 is 1.50 bits per heavy atom.